The minimum Gasteiger partial charge on any atom is -0.338 e. The van der Waals surface area contributed by atoms with Gasteiger partial charge in [-0.1, -0.05) is 31.8 Å². The van der Waals surface area contributed by atoms with Crippen molar-refractivity contribution < 1.29 is 4.52 Å². The number of aromatic nitrogens is 2. The van der Waals surface area contributed by atoms with Gasteiger partial charge < -0.3 is 9.84 Å². The normalized spacial score (nSPS) is 34.5. The van der Waals surface area contributed by atoms with E-state index in [-0.39, 0.29) is 6.04 Å². The van der Waals surface area contributed by atoms with Crippen LogP contribution in [0.3, 0.4) is 0 Å². The molecular weight excluding hydrogens is 250 g/mol. The molecule has 3 rings (SSSR count). The van der Waals surface area contributed by atoms with Gasteiger partial charge in [0.05, 0.1) is 6.04 Å². The summed E-state index contributed by atoms with van der Waals surface area (Å²) in [7, 11) is 0. The second-order valence-corrected chi connectivity index (χ2v) is 6.58. The van der Waals surface area contributed by atoms with Gasteiger partial charge in [-0.05, 0) is 50.5 Å². The van der Waals surface area contributed by atoms with E-state index in [9.17, 15) is 0 Å². The van der Waals surface area contributed by atoms with Crippen molar-refractivity contribution in [2.45, 2.75) is 70.8 Å². The number of piperidine rings is 1. The summed E-state index contributed by atoms with van der Waals surface area (Å²) in [5.41, 5.74) is 0. The van der Waals surface area contributed by atoms with Crippen LogP contribution < -0.4 is 5.32 Å². The van der Waals surface area contributed by atoms with E-state index >= 15 is 0 Å². The van der Waals surface area contributed by atoms with Gasteiger partial charge in [0, 0.05) is 5.92 Å². The summed E-state index contributed by atoms with van der Waals surface area (Å²) in [4.78, 5) is 4.71. The third-order valence-electron chi connectivity index (χ3n) is 5.33. The van der Waals surface area contributed by atoms with E-state index in [0.29, 0.717) is 5.92 Å². The minimum absolute atomic E-state index is 0.276. The van der Waals surface area contributed by atoms with E-state index in [1.807, 2.05) is 0 Å². The second-order valence-electron chi connectivity index (χ2n) is 6.58. The number of nitrogens with one attached hydrogen (secondary N) is 1. The minimum atomic E-state index is 0.276. The Labute approximate surface area is 121 Å². The fourth-order valence-electron chi connectivity index (χ4n) is 3.79. The maximum atomic E-state index is 5.55. The standard InChI is InChI=1S/C16H27N3O/c1-3-11-5-6-13(9-11)15-18-16(20-19-15)14-10-12(4-2)7-8-17-14/h11-14,17H,3-10H2,1-2H3. The van der Waals surface area contributed by atoms with E-state index in [4.69, 9.17) is 9.51 Å². The van der Waals surface area contributed by atoms with Crippen LogP contribution in [-0.2, 0) is 0 Å². The molecule has 2 fully saturated rings. The zero-order valence-corrected chi connectivity index (χ0v) is 12.8. The molecule has 1 saturated heterocycles. The molecule has 4 unspecified atom stereocenters. The largest absolute Gasteiger partial charge is 0.338 e. The molecule has 0 bridgehead atoms. The van der Waals surface area contributed by atoms with Crippen LogP contribution in [0.1, 0.15) is 82.5 Å². The first kappa shape index (κ1) is 14.1. The maximum Gasteiger partial charge on any atom is 0.243 e. The van der Waals surface area contributed by atoms with Crippen LogP contribution in [0.25, 0.3) is 0 Å². The van der Waals surface area contributed by atoms with Crippen molar-refractivity contribution in [3.8, 4) is 0 Å². The van der Waals surface area contributed by atoms with Gasteiger partial charge in [-0.2, -0.15) is 4.98 Å². The second kappa shape index (κ2) is 6.25. The van der Waals surface area contributed by atoms with Crippen LogP contribution in [-0.4, -0.2) is 16.7 Å². The number of rotatable bonds is 4. The highest BCUT2D eigenvalue weighted by molar-refractivity contribution is 5.02. The summed E-state index contributed by atoms with van der Waals surface area (Å²) in [5, 5.41) is 7.79. The van der Waals surface area contributed by atoms with E-state index < -0.39 is 0 Å². The highest BCUT2D eigenvalue weighted by atomic mass is 16.5. The lowest BCUT2D eigenvalue weighted by Gasteiger charge is -2.27. The Morgan fingerprint density at radius 3 is 2.65 bits per heavy atom. The molecule has 4 atom stereocenters. The molecule has 1 aromatic heterocycles. The molecule has 2 heterocycles. The molecule has 112 valence electrons. The molecule has 0 radical (unpaired) electrons. The number of hydrogen-bond acceptors (Lipinski definition) is 4. The van der Waals surface area contributed by atoms with Crippen LogP contribution in [0, 0.1) is 11.8 Å². The first-order valence-corrected chi connectivity index (χ1v) is 8.37. The SMILES string of the molecule is CCC1CCC(c2noc(C3CC(CC)CCN3)n2)C1. The van der Waals surface area contributed by atoms with Gasteiger partial charge >= 0.3 is 0 Å². The van der Waals surface area contributed by atoms with Crippen LogP contribution in [0.4, 0.5) is 0 Å². The molecule has 1 aliphatic carbocycles. The van der Waals surface area contributed by atoms with Crippen molar-refractivity contribution >= 4 is 0 Å². The lowest BCUT2D eigenvalue weighted by molar-refractivity contribution is 0.245. The average Bonchev–Trinajstić information content (AvgIpc) is 3.15. The van der Waals surface area contributed by atoms with Crippen LogP contribution in [0.2, 0.25) is 0 Å². The summed E-state index contributed by atoms with van der Waals surface area (Å²) in [6, 6.07) is 0.276. The molecule has 2 aliphatic rings. The van der Waals surface area contributed by atoms with Crippen molar-refractivity contribution in [2.75, 3.05) is 6.54 Å². The van der Waals surface area contributed by atoms with Crippen LogP contribution >= 0.6 is 0 Å². The lowest BCUT2D eigenvalue weighted by Crippen LogP contribution is -2.31. The van der Waals surface area contributed by atoms with E-state index in [1.165, 1.54) is 38.5 Å². The van der Waals surface area contributed by atoms with E-state index in [1.54, 1.807) is 0 Å². The molecule has 1 aliphatic heterocycles. The Kier molecular flexibility index (Phi) is 4.39. The maximum absolute atomic E-state index is 5.55. The van der Waals surface area contributed by atoms with Crippen molar-refractivity contribution in [1.29, 1.82) is 0 Å². The zero-order chi connectivity index (χ0) is 13.9. The predicted octanol–water partition coefficient (Wildman–Crippen LogP) is 3.81. The van der Waals surface area contributed by atoms with Gasteiger partial charge in [0.1, 0.15) is 0 Å². The van der Waals surface area contributed by atoms with Gasteiger partial charge in [-0.3, -0.25) is 0 Å². The zero-order valence-electron chi connectivity index (χ0n) is 12.8. The van der Waals surface area contributed by atoms with Gasteiger partial charge in [-0.25, -0.2) is 0 Å². The topological polar surface area (TPSA) is 51.0 Å². The molecule has 0 amide bonds. The molecule has 1 N–H and O–H groups in total. The Morgan fingerprint density at radius 1 is 1.10 bits per heavy atom. The Balaban J connectivity index is 1.64. The van der Waals surface area contributed by atoms with Gasteiger partial charge in [0.2, 0.25) is 5.89 Å². The molecule has 1 aromatic rings. The van der Waals surface area contributed by atoms with Crippen molar-refractivity contribution in [3.63, 3.8) is 0 Å². The summed E-state index contributed by atoms with van der Waals surface area (Å²) < 4.78 is 5.55. The van der Waals surface area contributed by atoms with Crippen molar-refractivity contribution in [2.24, 2.45) is 11.8 Å². The smallest absolute Gasteiger partial charge is 0.243 e. The van der Waals surface area contributed by atoms with Crippen LogP contribution in [0.15, 0.2) is 4.52 Å². The molecule has 1 saturated carbocycles. The summed E-state index contributed by atoms with van der Waals surface area (Å²) >= 11 is 0. The first-order chi connectivity index (χ1) is 9.80. The Hall–Kier alpha value is -0.900. The summed E-state index contributed by atoms with van der Waals surface area (Å²) in [6.45, 7) is 5.63. The third kappa shape index (κ3) is 2.90. The fourth-order valence-corrected chi connectivity index (χ4v) is 3.79. The predicted molar refractivity (Wildman–Crippen MR) is 78.4 cm³/mol. The molecular formula is C16H27N3O. The first-order valence-electron chi connectivity index (χ1n) is 8.37. The molecule has 0 spiro atoms. The van der Waals surface area contributed by atoms with Crippen molar-refractivity contribution in [1.82, 2.24) is 15.5 Å². The number of hydrogen-bond donors (Lipinski definition) is 1. The summed E-state index contributed by atoms with van der Waals surface area (Å²) in [6.07, 6.45) is 8.74. The molecule has 4 nitrogen and oxygen atoms in total. The highest BCUT2D eigenvalue weighted by Gasteiger charge is 2.31. The Morgan fingerprint density at radius 2 is 1.90 bits per heavy atom. The van der Waals surface area contributed by atoms with Gasteiger partial charge in [0.25, 0.3) is 0 Å². The Bertz CT molecular complexity index is 431. The fraction of sp³-hybridized carbons (Fsp3) is 0.875. The third-order valence-corrected chi connectivity index (χ3v) is 5.33. The highest BCUT2D eigenvalue weighted by Crippen LogP contribution is 2.39. The quantitative estimate of drug-likeness (QED) is 0.909. The monoisotopic (exact) mass is 277 g/mol. The van der Waals surface area contributed by atoms with Gasteiger partial charge in [0.15, 0.2) is 5.82 Å². The molecule has 20 heavy (non-hydrogen) atoms. The van der Waals surface area contributed by atoms with Crippen molar-refractivity contribution in [3.05, 3.63) is 11.7 Å². The van der Waals surface area contributed by atoms with Gasteiger partial charge in [-0.15, -0.1) is 0 Å². The van der Waals surface area contributed by atoms with E-state index in [2.05, 4.69) is 24.3 Å². The number of nitrogens with zero attached hydrogens (tertiary/aromatic N) is 2. The molecule has 4 heteroatoms. The average molecular weight is 277 g/mol. The van der Waals surface area contributed by atoms with E-state index in [0.717, 1.165) is 36.5 Å². The van der Waals surface area contributed by atoms with Crippen LogP contribution in [0.5, 0.6) is 0 Å². The summed E-state index contributed by atoms with van der Waals surface area (Å²) in [5.74, 6) is 3.96. The lowest BCUT2D eigenvalue weighted by atomic mass is 9.90. The molecule has 0 aromatic carbocycles.